The maximum Gasteiger partial charge on any atom is 0.0713 e. The molecule has 0 aliphatic carbocycles. The average Bonchev–Trinajstić information content (AvgIpc) is 2.95. The molecule has 2 aliphatic heterocycles. The zero-order valence-electron chi connectivity index (χ0n) is 11.1. The highest BCUT2D eigenvalue weighted by molar-refractivity contribution is 5.47. The Kier molecular flexibility index (Phi) is 3.52. The Bertz CT molecular complexity index is 407. The summed E-state index contributed by atoms with van der Waals surface area (Å²) in [5.41, 5.74) is 2.48. The Labute approximate surface area is 109 Å². The van der Waals surface area contributed by atoms with Gasteiger partial charge < -0.3 is 10.1 Å². The average molecular weight is 246 g/mol. The van der Waals surface area contributed by atoms with Crippen molar-refractivity contribution in [2.45, 2.75) is 38.0 Å². The summed E-state index contributed by atoms with van der Waals surface area (Å²) < 4.78 is 5.19. The fourth-order valence-corrected chi connectivity index (χ4v) is 3.38. The summed E-state index contributed by atoms with van der Waals surface area (Å²) in [5.74, 6) is 0. The smallest absolute Gasteiger partial charge is 0.0713 e. The molecular formula is C15H22N2O. The lowest BCUT2D eigenvalue weighted by molar-refractivity contribution is 0.185. The molecule has 2 fully saturated rings. The van der Waals surface area contributed by atoms with E-state index in [1.807, 2.05) is 0 Å². The van der Waals surface area contributed by atoms with Crippen LogP contribution in [0.2, 0.25) is 0 Å². The van der Waals surface area contributed by atoms with Crippen LogP contribution in [0.3, 0.4) is 0 Å². The Morgan fingerprint density at radius 2 is 2.28 bits per heavy atom. The molecule has 2 atom stereocenters. The van der Waals surface area contributed by atoms with Crippen molar-refractivity contribution in [1.82, 2.24) is 4.90 Å². The fourth-order valence-electron chi connectivity index (χ4n) is 3.38. The predicted octanol–water partition coefficient (Wildman–Crippen LogP) is 2.48. The molecule has 98 valence electrons. The summed E-state index contributed by atoms with van der Waals surface area (Å²) in [4.78, 5) is 2.64. The number of nitrogens with zero attached hydrogens (tertiary/aromatic N) is 1. The van der Waals surface area contributed by atoms with Crippen LogP contribution in [-0.4, -0.2) is 37.2 Å². The van der Waals surface area contributed by atoms with Crippen LogP contribution >= 0.6 is 0 Å². The second-order valence-corrected chi connectivity index (χ2v) is 5.42. The van der Waals surface area contributed by atoms with Gasteiger partial charge in [0.2, 0.25) is 0 Å². The third-order valence-electron chi connectivity index (χ3n) is 4.20. The molecular weight excluding hydrogens is 224 g/mol. The summed E-state index contributed by atoms with van der Waals surface area (Å²) in [6, 6.07) is 9.99. The van der Waals surface area contributed by atoms with Gasteiger partial charge in [-0.25, -0.2) is 0 Å². The standard InChI is InChI=1S/C15H22N2O/c1-18-11-12-4-2-5-13(10-12)16-14-7-9-17-8-3-6-15(14)17/h2,4-5,10,14-16H,3,6-9,11H2,1H3. The molecule has 18 heavy (non-hydrogen) atoms. The number of anilines is 1. The van der Waals surface area contributed by atoms with Gasteiger partial charge in [-0.05, 0) is 43.5 Å². The van der Waals surface area contributed by atoms with Crippen LogP contribution in [0.5, 0.6) is 0 Å². The molecule has 0 amide bonds. The Balaban J connectivity index is 1.67. The quantitative estimate of drug-likeness (QED) is 0.883. The summed E-state index contributed by atoms with van der Waals surface area (Å²) in [5, 5.41) is 3.71. The first-order valence-corrected chi connectivity index (χ1v) is 6.95. The molecule has 2 unspecified atom stereocenters. The third kappa shape index (κ3) is 2.38. The van der Waals surface area contributed by atoms with Crippen molar-refractivity contribution in [3.63, 3.8) is 0 Å². The topological polar surface area (TPSA) is 24.5 Å². The van der Waals surface area contributed by atoms with Gasteiger partial charge in [0.15, 0.2) is 0 Å². The van der Waals surface area contributed by atoms with Crippen molar-refractivity contribution in [1.29, 1.82) is 0 Å². The second-order valence-electron chi connectivity index (χ2n) is 5.42. The van der Waals surface area contributed by atoms with E-state index in [4.69, 9.17) is 4.74 Å². The monoisotopic (exact) mass is 246 g/mol. The minimum Gasteiger partial charge on any atom is -0.381 e. The molecule has 0 saturated carbocycles. The highest BCUT2D eigenvalue weighted by Crippen LogP contribution is 2.30. The lowest BCUT2D eigenvalue weighted by atomic mass is 10.1. The lowest BCUT2D eigenvalue weighted by Crippen LogP contribution is -2.33. The van der Waals surface area contributed by atoms with E-state index in [9.17, 15) is 0 Å². The number of rotatable bonds is 4. The van der Waals surface area contributed by atoms with Gasteiger partial charge in [-0.15, -0.1) is 0 Å². The van der Waals surface area contributed by atoms with Gasteiger partial charge in [0.1, 0.15) is 0 Å². The molecule has 1 N–H and O–H groups in total. The van der Waals surface area contributed by atoms with Crippen LogP contribution in [0.25, 0.3) is 0 Å². The zero-order chi connectivity index (χ0) is 12.4. The number of nitrogens with one attached hydrogen (secondary N) is 1. The SMILES string of the molecule is COCc1cccc(NC2CCN3CCCC23)c1. The van der Waals surface area contributed by atoms with Gasteiger partial charge in [0.25, 0.3) is 0 Å². The van der Waals surface area contributed by atoms with E-state index in [1.165, 1.54) is 43.6 Å². The number of hydrogen-bond donors (Lipinski definition) is 1. The molecule has 0 spiro atoms. The molecule has 2 heterocycles. The molecule has 3 nitrogen and oxygen atoms in total. The van der Waals surface area contributed by atoms with Gasteiger partial charge in [0.05, 0.1) is 6.61 Å². The van der Waals surface area contributed by atoms with Crippen LogP contribution in [0.1, 0.15) is 24.8 Å². The van der Waals surface area contributed by atoms with E-state index < -0.39 is 0 Å². The maximum atomic E-state index is 5.19. The van der Waals surface area contributed by atoms with Crippen LogP contribution in [0.15, 0.2) is 24.3 Å². The van der Waals surface area contributed by atoms with Crippen molar-refractivity contribution in [3.05, 3.63) is 29.8 Å². The molecule has 1 aromatic carbocycles. The maximum absolute atomic E-state index is 5.19. The van der Waals surface area contributed by atoms with E-state index in [2.05, 4.69) is 34.5 Å². The molecule has 3 rings (SSSR count). The first kappa shape index (κ1) is 12.0. The predicted molar refractivity (Wildman–Crippen MR) is 73.8 cm³/mol. The highest BCUT2D eigenvalue weighted by Gasteiger charge is 2.36. The summed E-state index contributed by atoms with van der Waals surface area (Å²) in [6.07, 6.45) is 4.00. The second kappa shape index (κ2) is 5.29. The van der Waals surface area contributed by atoms with Gasteiger partial charge in [-0.2, -0.15) is 0 Å². The first-order valence-electron chi connectivity index (χ1n) is 6.95. The van der Waals surface area contributed by atoms with E-state index in [1.54, 1.807) is 7.11 Å². The molecule has 0 aromatic heterocycles. The van der Waals surface area contributed by atoms with Crippen molar-refractivity contribution >= 4 is 5.69 Å². The largest absolute Gasteiger partial charge is 0.381 e. The van der Waals surface area contributed by atoms with Crippen LogP contribution < -0.4 is 5.32 Å². The van der Waals surface area contributed by atoms with Crippen LogP contribution in [0.4, 0.5) is 5.69 Å². The van der Waals surface area contributed by atoms with Gasteiger partial charge in [-0.1, -0.05) is 12.1 Å². The van der Waals surface area contributed by atoms with Crippen molar-refractivity contribution in [2.75, 3.05) is 25.5 Å². The summed E-state index contributed by atoms with van der Waals surface area (Å²) in [7, 11) is 1.74. The van der Waals surface area contributed by atoms with Crippen molar-refractivity contribution < 1.29 is 4.74 Å². The summed E-state index contributed by atoms with van der Waals surface area (Å²) in [6.45, 7) is 3.25. The Morgan fingerprint density at radius 1 is 1.33 bits per heavy atom. The summed E-state index contributed by atoms with van der Waals surface area (Å²) >= 11 is 0. The number of hydrogen-bond acceptors (Lipinski definition) is 3. The van der Waals surface area contributed by atoms with Gasteiger partial charge >= 0.3 is 0 Å². The van der Waals surface area contributed by atoms with E-state index >= 15 is 0 Å². The fraction of sp³-hybridized carbons (Fsp3) is 0.600. The minimum atomic E-state index is 0.630. The third-order valence-corrected chi connectivity index (χ3v) is 4.20. The zero-order valence-corrected chi connectivity index (χ0v) is 11.1. The Hall–Kier alpha value is -1.06. The number of methoxy groups -OCH3 is 1. The molecule has 2 saturated heterocycles. The van der Waals surface area contributed by atoms with E-state index in [-0.39, 0.29) is 0 Å². The molecule has 0 radical (unpaired) electrons. The first-order chi connectivity index (χ1) is 8.86. The molecule has 1 aromatic rings. The molecule has 3 heteroatoms. The van der Waals surface area contributed by atoms with E-state index in [0.717, 1.165) is 6.04 Å². The Morgan fingerprint density at radius 3 is 3.17 bits per heavy atom. The molecule has 0 bridgehead atoms. The number of benzene rings is 1. The lowest BCUT2D eigenvalue weighted by Gasteiger charge is -2.22. The van der Waals surface area contributed by atoms with Crippen LogP contribution in [0, 0.1) is 0 Å². The number of ether oxygens (including phenoxy) is 1. The highest BCUT2D eigenvalue weighted by atomic mass is 16.5. The van der Waals surface area contributed by atoms with Crippen molar-refractivity contribution in [2.24, 2.45) is 0 Å². The van der Waals surface area contributed by atoms with Crippen LogP contribution in [-0.2, 0) is 11.3 Å². The van der Waals surface area contributed by atoms with Gasteiger partial charge in [-0.3, -0.25) is 4.90 Å². The normalized spacial score (nSPS) is 27.4. The minimum absolute atomic E-state index is 0.630. The van der Waals surface area contributed by atoms with Gasteiger partial charge in [0, 0.05) is 31.4 Å². The van der Waals surface area contributed by atoms with Crippen molar-refractivity contribution in [3.8, 4) is 0 Å². The molecule has 2 aliphatic rings. The van der Waals surface area contributed by atoms with E-state index in [0.29, 0.717) is 12.6 Å². The number of fused-ring (bicyclic) bond motifs is 1.